The predicted octanol–water partition coefficient (Wildman–Crippen LogP) is 3.41. The summed E-state index contributed by atoms with van der Waals surface area (Å²) in [6.45, 7) is 1.54. The molecule has 2 rings (SSSR count). The lowest BCUT2D eigenvalue weighted by Gasteiger charge is -2.14. The molecule has 0 fully saturated rings. The van der Waals surface area contributed by atoms with Gasteiger partial charge in [-0.15, -0.1) is 11.3 Å². The zero-order valence-corrected chi connectivity index (χ0v) is 13.4. The smallest absolute Gasteiger partial charge is 0.261 e. The van der Waals surface area contributed by atoms with E-state index in [1.54, 1.807) is 23.6 Å². The van der Waals surface area contributed by atoms with Crippen molar-refractivity contribution in [1.29, 1.82) is 0 Å². The first-order chi connectivity index (χ1) is 9.97. The van der Waals surface area contributed by atoms with E-state index < -0.39 is 17.8 Å². The normalized spacial score (nSPS) is 11.8. The number of thiophene rings is 1. The molecule has 2 amide bonds. The van der Waals surface area contributed by atoms with Gasteiger partial charge in [0, 0.05) is 4.47 Å². The van der Waals surface area contributed by atoms with Crippen LogP contribution in [0.1, 0.15) is 16.6 Å². The Bertz CT molecular complexity index is 661. The highest BCUT2D eigenvalue weighted by Crippen LogP contribution is 2.19. The summed E-state index contributed by atoms with van der Waals surface area (Å²) in [6, 6.07) is 6.96. The average molecular weight is 371 g/mol. The molecule has 1 atom stereocenters. The van der Waals surface area contributed by atoms with Crippen LogP contribution < -0.4 is 10.6 Å². The average Bonchev–Trinajstić information content (AvgIpc) is 2.95. The maximum atomic E-state index is 13.6. The Hall–Kier alpha value is -1.73. The van der Waals surface area contributed by atoms with Gasteiger partial charge >= 0.3 is 0 Å². The number of amides is 2. The number of nitrogens with one attached hydrogen (secondary N) is 2. The highest BCUT2D eigenvalue weighted by atomic mass is 79.9. The predicted molar refractivity (Wildman–Crippen MR) is 84.0 cm³/mol. The maximum Gasteiger partial charge on any atom is 0.261 e. The summed E-state index contributed by atoms with van der Waals surface area (Å²) in [5.74, 6) is -1.36. The Balaban J connectivity index is 1.98. The quantitative estimate of drug-likeness (QED) is 0.866. The molecule has 2 aromatic rings. The first kappa shape index (κ1) is 15.7. The van der Waals surface area contributed by atoms with Crippen LogP contribution in [0.3, 0.4) is 0 Å². The molecule has 0 bridgehead atoms. The summed E-state index contributed by atoms with van der Waals surface area (Å²) in [7, 11) is 0. The summed E-state index contributed by atoms with van der Waals surface area (Å²) in [5, 5.41) is 6.78. The number of carbonyl (C=O) groups excluding carboxylic acids is 2. The number of anilines is 1. The van der Waals surface area contributed by atoms with Crippen LogP contribution in [0.5, 0.6) is 0 Å². The van der Waals surface area contributed by atoms with Crippen molar-refractivity contribution in [3.63, 3.8) is 0 Å². The van der Waals surface area contributed by atoms with Gasteiger partial charge in [0.1, 0.15) is 11.9 Å². The molecule has 1 aromatic heterocycles. The zero-order chi connectivity index (χ0) is 15.4. The van der Waals surface area contributed by atoms with Gasteiger partial charge in [0.05, 0.1) is 10.6 Å². The number of halogens is 2. The van der Waals surface area contributed by atoms with Gasteiger partial charge in [-0.3, -0.25) is 9.59 Å². The first-order valence-corrected chi connectivity index (χ1v) is 7.75. The van der Waals surface area contributed by atoms with Gasteiger partial charge in [0.15, 0.2) is 0 Å². The van der Waals surface area contributed by atoms with Crippen LogP contribution in [-0.4, -0.2) is 17.9 Å². The summed E-state index contributed by atoms with van der Waals surface area (Å²) in [4.78, 5) is 24.3. The highest BCUT2D eigenvalue weighted by molar-refractivity contribution is 9.10. The van der Waals surface area contributed by atoms with E-state index in [1.165, 1.54) is 30.4 Å². The Kier molecular flexibility index (Phi) is 5.08. The van der Waals surface area contributed by atoms with Crippen LogP contribution in [0.2, 0.25) is 0 Å². The van der Waals surface area contributed by atoms with Gasteiger partial charge in [-0.1, -0.05) is 22.0 Å². The van der Waals surface area contributed by atoms with Crippen molar-refractivity contribution in [2.45, 2.75) is 13.0 Å². The Morgan fingerprint density at radius 2 is 2.10 bits per heavy atom. The minimum Gasteiger partial charge on any atom is -0.340 e. The molecule has 7 heteroatoms. The van der Waals surface area contributed by atoms with Gasteiger partial charge < -0.3 is 10.6 Å². The number of hydrogen-bond donors (Lipinski definition) is 2. The fourth-order valence-corrected chi connectivity index (χ4v) is 2.53. The first-order valence-electron chi connectivity index (χ1n) is 6.07. The van der Waals surface area contributed by atoms with Crippen LogP contribution in [-0.2, 0) is 4.79 Å². The van der Waals surface area contributed by atoms with Crippen molar-refractivity contribution in [3.8, 4) is 0 Å². The molecular formula is C14H12BrFN2O2S. The zero-order valence-electron chi connectivity index (χ0n) is 11.0. The second-order valence-electron chi connectivity index (χ2n) is 4.29. The molecule has 0 radical (unpaired) electrons. The molecule has 1 heterocycles. The molecular weight excluding hydrogens is 359 g/mol. The lowest BCUT2D eigenvalue weighted by molar-refractivity contribution is -0.117. The minimum atomic E-state index is -0.775. The van der Waals surface area contributed by atoms with Crippen molar-refractivity contribution < 1.29 is 14.0 Å². The van der Waals surface area contributed by atoms with E-state index in [0.717, 1.165) is 0 Å². The molecule has 21 heavy (non-hydrogen) atoms. The van der Waals surface area contributed by atoms with Gasteiger partial charge in [0.2, 0.25) is 5.91 Å². The van der Waals surface area contributed by atoms with Crippen molar-refractivity contribution >= 4 is 44.8 Å². The molecule has 0 aliphatic heterocycles. The van der Waals surface area contributed by atoms with Crippen molar-refractivity contribution in [2.24, 2.45) is 0 Å². The van der Waals surface area contributed by atoms with Crippen LogP contribution in [0, 0.1) is 5.82 Å². The maximum absolute atomic E-state index is 13.6. The van der Waals surface area contributed by atoms with E-state index in [4.69, 9.17) is 0 Å². The molecule has 1 unspecified atom stereocenters. The number of benzene rings is 1. The highest BCUT2D eigenvalue weighted by Gasteiger charge is 2.18. The molecule has 2 N–H and O–H groups in total. The van der Waals surface area contributed by atoms with Gasteiger partial charge in [-0.25, -0.2) is 4.39 Å². The molecule has 0 aliphatic rings. The third-order valence-electron chi connectivity index (χ3n) is 2.67. The van der Waals surface area contributed by atoms with Crippen molar-refractivity contribution in [3.05, 3.63) is 50.9 Å². The van der Waals surface area contributed by atoms with Crippen LogP contribution in [0.25, 0.3) is 0 Å². The summed E-state index contributed by atoms with van der Waals surface area (Å²) >= 11 is 4.42. The molecule has 0 saturated heterocycles. The van der Waals surface area contributed by atoms with E-state index >= 15 is 0 Å². The van der Waals surface area contributed by atoms with E-state index in [1.807, 2.05) is 0 Å². The lowest BCUT2D eigenvalue weighted by Crippen LogP contribution is -2.41. The fraction of sp³-hybridized carbons (Fsp3) is 0.143. The minimum absolute atomic E-state index is 0.0698. The number of carbonyl (C=O) groups is 2. The molecule has 0 saturated carbocycles. The van der Waals surface area contributed by atoms with Gasteiger partial charge in [0.25, 0.3) is 5.91 Å². The fourth-order valence-electron chi connectivity index (χ4n) is 1.57. The summed E-state index contributed by atoms with van der Waals surface area (Å²) in [6.07, 6.45) is 0. The number of hydrogen-bond acceptors (Lipinski definition) is 3. The molecule has 1 aromatic carbocycles. The third kappa shape index (κ3) is 4.12. The van der Waals surface area contributed by atoms with E-state index in [0.29, 0.717) is 9.35 Å². The Morgan fingerprint density at radius 1 is 1.33 bits per heavy atom. The summed E-state index contributed by atoms with van der Waals surface area (Å²) < 4.78 is 14.2. The van der Waals surface area contributed by atoms with Gasteiger partial charge in [-0.2, -0.15) is 0 Å². The van der Waals surface area contributed by atoms with Crippen LogP contribution >= 0.6 is 27.3 Å². The largest absolute Gasteiger partial charge is 0.340 e. The van der Waals surface area contributed by atoms with Crippen molar-refractivity contribution in [1.82, 2.24) is 5.32 Å². The van der Waals surface area contributed by atoms with Crippen LogP contribution in [0.15, 0.2) is 40.2 Å². The lowest BCUT2D eigenvalue weighted by atomic mass is 10.2. The standard InChI is InChI=1S/C14H12BrFN2O2S/c1-8(17-14(20)12-3-2-6-21-12)13(19)18-11-5-4-9(15)7-10(11)16/h2-8H,1H3,(H,17,20)(H,18,19). The van der Waals surface area contributed by atoms with E-state index in [2.05, 4.69) is 26.6 Å². The molecule has 4 nitrogen and oxygen atoms in total. The monoisotopic (exact) mass is 370 g/mol. The third-order valence-corrected chi connectivity index (χ3v) is 4.04. The van der Waals surface area contributed by atoms with Gasteiger partial charge in [-0.05, 0) is 36.6 Å². The molecule has 0 aliphatic carbocycles. The Morgan fingerprint density at radius 3 is 2.71 bits per heavy atom. The SMILES string of the molecule is CC(NC(=O)c1cccs1)C(=O)Nc1ccc(Br)cc1F. The van der Waals surface area contributed by atoms with E-state index in [-0.39, 0.29) is 11.6 Å². The topological polar surface area (TPSA) is 58.2 Å². The van der Waals surface area contributed by atoms with Crippen LogP contribution in [0.4, 0.5) is 10.1 Å². The second kappa shape index (κ2) is 6.82. The van der Waals surface area contributed by atoms with Crippen molar-refractivity contribution in [2.75, 3.05) is 5.32 Å². The molecule has 110 valence electrons. The Labute approximate surface area is 133 Å². The number of rotatable bonds is 4. The summed E-state index contributed by atoms with van der Waals surface area (Å²) in [5.41, 5.74) is 0.0698. The molecule has 0 spiro atoms. The second-order valence-corrected chi connectivity index (χ2v) is 6.15. The van der Waals surface area contributed by atoms with E-state index in [9.17, 15) is 14.0 Å².